The third kappa shape index (κ3) is 5.53. The van der Waals surface area contributed by atoms with Crippen molar-refractivity contribution in [3.8, 4) is 0 Å². The maximum atomic E-state index is 13.4. The maximum Gasteiger partial charge on any atom is 0.261 e. The first-order valence-corrected chi connectivity index (χ1v) is 9.80. The molecule has 0 unspecified atom stereocenters. The highest BCUT2D eigenvalue weighted by molar-refractivity contribution is 6.26. The predicted octanol–water partition coefficient (Wildman–Crippen LogP) is 2.61. The highest BCUT2D eigenvalue weighted by Crippen LogP contribution is 2.21. The predicted molar refractivity (Wildman–Crippen MR) is 116 cm³/mol. The quantitative estimate of drug-likeness (QED) is 0.339. The van der Waals surface area contributed by atoms with E-state index in [1.165, 1.54) is 6.92 Å². The van der Waals surface area contributed by atoms with Gasteiger partial charge in [0.15, 0.2) is 5.78 Å². The summed E-state index contributed by atoms with van der Waals surface area (Å²) in [6, 6.07) is 16.6. The Balaban J connectivity index is 1.88. The van der Waals surface area contributed by atoms with Crippen LogP contribution in [0.1, 0.15) is 12.5 Å². The molecule has 1 heterocycles. The molecule has 0 aromatic heterocycles. The van der Waals surface area contributed by atoms with Crippen LogP contribution >= 0.6 is 0 Å². The molecule has 29 heavy (non-hydrogen) atoms. The third-order valence-corrected chi connectivity index (χ3v) is 4.96. The van der Waals surface area contributed by atoms with Crippen molar-refractivity contribution in [1.82, 2.24) is 4.90 Å². The van der Waals surface area contributed by atoms with E-state index in [2.05, 4.69) is 4.90 Å². The summed E-state index contributed by atoms with van der Waals surface area (Å²) in [6.45, 7) is 5.68. The van der Waals surface area contributed by atoms with Crippen LogP contribution in [0.5, 0.6) is 0 Å². The molecule has 0 saturated carbocycles. The first kappa shape index (κ1) is 20.8. The van der Waals surface area contributed by atoms with Gasteiger partial charge in [-0.1, -0.05) is 36.4 Å². The molecule has 6 nitrogen and oxygen atoms in total. The number of carbonyl (C=O) groups excluding carboxylic acids is 2. The number of anilines is 2. The summed E-state index contributed by atoms with van der Waals surface area (Å²) in [6.07, 6.45) is 1.59. The normalized spacial score (nSPS) is 15.1. The van der Waals surface area contributed by atoms with Gasteiger partial charge in [-0.2, -0.15) is 0 Å². The fourth-order valence-corrected chi connectivity index (χ4v) is 3.28. The Morgan fingerprint density at radius 3 is 2.38 bits per heavy atom. The zero-order valence-electron chi connectivity index (χ0n) is 16.7. The smallest absolute Gasteiger partial charge is 0.261 e. The van der Waals surface area contributed by atoms with Gasteiger partial charge < -0.3 is 15.4 Å². The number of ketones is 1. The molecule has 1 aliphatic heterocycles. The van der Waals surface area contributed by atoms with Gasteiger partial charge in [-0.25, -0.2) is 0 Å². The van der Waals surface area contributed by atoms with E-state index in [4.69, 9.17) is 10.5 Å². The highest BCUT2D eigenvalue weighted by Gasteiger charge is 2.24. The van der Waals surface area contributed by atoms with Crippen molar-refractivity contribution in [2.24, 2.45) is 0 Å². The van der Waals surface area contributed by atoms with Gasteiger partial charge in [-0.05, 0) is 36.8 Å². The number of amides is 1. The molecule has 2 aromatic rings. The number of hydrogen-bond donors (Lipinski definition) is 1. The second-order valence-corrected chi connectivity index (χ2v) is 6.99. The number of nitrogens with zero attached hydrogens (tertiary/aromatic N) is 2. The Hall–Kier alpha value is -2.96. The Kier molecular flexibility index (Phi) is 7.16. The molecule has 0 aliphatic carbocycles. The molecule has 2 aromatic carbocycles. The van der Waals surface area contributed by atoms with E-state index in [-0.39, 0.29) is 17.3 Å². The number of benzene rings is 2. The molecular weight excluding hydrogens is 366 g/mol. The number of nitrogens with two attached hydrogens (primary N) is 1. The van der Waals surface area contributed by atoms with E-state index in [1.54, 1.807) is 23.1 Å². The van der Waals surface area contributed by atoms with Crippen molar-refractivity contribution in [1.29, 1.82) is 0 Å². The molecule has 0 bridgehead atoms. The summed E-state index contributed by atoms with van der Waals surface area (Å²) in [5.41, 5.74) is 8.08. The van der Waals surface area contributed by atoms with Crippen LogP contribution in [0, 0.1) is 0 Å². The molecule has 1 amide bonds. The maximum absolute atomic E-state index is 13.4. The Bertz CT molecular complexity index is 874. The summed E-state index contributed by atoms with van der Waals surface area (Å²) in [4.78, 5) is 29.7. The number of carbonyl (C=O) groups is 2. The molecule has 2 N–H and O–H groups in total. The van der Waals surface area contributed by atoms with Crippen molar-refractivity contribution >= 4 is 29.1 Å². The summed E-state index contributed by atoms with van der Waals surface area (Å²) < 4.78 is 5.40. The molecule has 3 rings (SSSR count). The van der Waals surface area contributed by atoms with E-state index in [9.17, 15) is 9.59 Å². The van der Waals surface area contributed by atoms with Crippen molar-refractivity contribution in [3.05, 3.63) is 65.7 Å². The van der Waals surface area contributed by atoms with Gasteiger partial charge in [0.1, 0.15) is 0 Å². The topological polar surface area (TPSA) is 75.9 Å². The zero-order chi connectivity index (χ0) is 20.6. The van der Waals surface area contributed by atoms with E-state index >= 15 is 0 Å². The second-order valence-electron chi connectivity index (χ2n) is 6.99. The van der Waals surface area contributed by atoms with Crippen LogP contribution in [-0.2, 0) is 14.3 Å². The molecule has 0 atom stereocenters. The van der Waals surface area contributed by atoms with Crippen molar-refractivity contribution in [2.75, 3.05) is 50.0 Å². The van der Waals surface area contributed by atoms with Gasteiger partial charge >= 0.3 is 0 Å². The minimum atomic E-state index is -0.319. The summed E-state index contributed by atoms with van der Waals surface area (Å²) >= 11 is 0. The summed E-state index contributed by atoms with van der Waals surface area (Å²) in [7, 11) is 0. The molecule has 6 heteroatoms. The van der Waals surface area contributed by atoms with Crippen LogP contribution in [0.4, 0.5) is 11.4 Å². The minimum Gasteiger partial charge on any atom is -0.398 e. The van der Waals surface area contributed by atoms with Gasteiger partial charge in [0, 0.05) is 37.6 Å². The first-order chi connectivity index (χ1) is 14.1. The molecule has 1 aliphatic rings. The van der Waals surface area contributed by atoms with Crippen LogP contribution in [0.15, 0.2) is 60.2 Å². The highest BCUT2D eigenvalue weighted by atomic mass is 16.5. The van der Waals surface area contributed by atoms with Gasteiger partial charge in [-0.15, -0.1) is 0 Å². The number of morpholine rings is 1. The Morgan fingerprint density at radius 2 is 1.72 bits per heavy atom. The molecule has 1 fully saturated rings. The lowest BCUT2D eigenvalue weighted by atomic mass is 10.0. The van der Waals surface area contributed by atoms with Crippen LogP contribution in [0.25, 0.3) is 6.08 Å². The van der Waals surface area contributed by atoms with E-state index < -0.39 is 0 Å². The monoisotopic (exact) mass is 393 g/mol. The second kappa shape index (κ2) is 10.0. The number of Topliss-reactive ketones (excluding diaryl/α,β-unsaturated/α-hetero) is 1. The van der Waals surface area contributed by atoms with Crippen LogP contribution < -0.4 is 10.6 Å². The molecule has 152 valence electrons. The van der Waals surface area contributed by atoms with E-state index in [0.717, 1.165) is 18.8 Å². The van der Waals surface area contributed by atoms with Crippen molar-refractivity contribution < 1.29 is 14.3 Å². The average Bonchev–Trinajstić information content (AvgIpc) is 2.74. The molecule has 0 spiro atoms. The average molecular weight is 393 g/mol. The lowest BCUT2D eigenvalue weighted by molar-refractivity contribution is -0.120. The Labute approximate surface area is 171 Å². The van der Waals surface area contributed by atoms with E-state index in [0.29, 0.717) is 37.6 Å². The fourth-order valence-electron chi connectivity index (χ4n) is 3.28. The largest absolute Gasteiger partial charge is 0.398 e. The number of hydrogen-bond acceptors (Lipinski definition) is 5. The van der Waals surface area contributed by atoms with Gasteiger partial charge in [0.25, 0.3) is 5.91 Å². The van der Waals surface area contributed by atoms with Crippen molar-refractivity contribution in [3.63, 3.8) is 0 Å². The SMILES string of the molecule is CC(=O)C(=Cc1ccccc1N)C(=O)N(CCN1CCOCC1)c1ccccc1. The number of ether oxygens (including phenoxy) is 1. The Morgan fingerprint density at radius 1 is 1.07 bits per heavy atom. The number of rotatable bonds is 7. The minimum absolute atomic E-state index is 0.119. The first-order valence-electron chi connectivity index (χ1n) is 9.80. The third-order valence-electron chi connectivity index (χ3n) is 4.96. The standard InChI is InChI=1S/C23H27N3O3/c1-18(27)21(17-19-7-5-6-10-22(19)24)23(28)26(20-8-3-2-4-9-20)12-11-25-13-15-29-16-14-25/h2-10,17H,11-16,24H2,1H3. The summed E-state index contributed by atoms with van der Waals surface area (Å²) in [5, 5.41) is 0. The molecule has 0 radical (unpaired) electrons. The zero-order valence-corrected chi connectivity index (χ0v) is 16.7. The number of para-hydroxylation sites is 2. The van der Waals surface area contributed by atoms with Crippen LogP contribution in [0.2, 0.25) is 0 Å². The van der Waals surface area contributed by atoms with Crippen LogP contribution in [-0.4, -0.2) is 56.0 Å². The van der Waals surface area contributed by atoms with Crippen molar-refractivity contribution in [2.45, 2.75) is 6.92 Å². The van der Waals surface area contributed by atoms with E-state index in [1.807, 2.05) is 42.5 Å². The van der Waals surface area contributed by atoms with Gasteiger partial charge in [0.05, 0.1) is 18.8 Å². The summed E-state index contributed by atoms with van der Waals surface area (Å²) in [5.74, 6) is -0.606. The van der Waals surface area contributed by atoms with Gasteiger partial charge in [0.2, 0.25) is 0 Å². The van der Waals surface area contributed by atoms with Gasteiger partial charge in [-0.3, -0.25) is 14.5 Å². The molecular formula is C23H27N3O3. The van der Waals surface area contributed by atoms with Crippen LogP contribution in [0.3, 0.4) is 0 Å². The lowest BCUT2D eigenvalue weighted by Gasteiger charge is -2.30. The molecule has 1 saturated heterocycles. The fraction of sp³-hybridized carbons (Fsp3) is 0.304. The number of nitrogen functional groups attached to an aromatic ring is 1. The lowest BCUT2D eigenvalue weighted by Crippen LogP contribution is -2.44.